The van der Waals surface area contributed by atoms with Gasteiger partial charge >= 0.3 is 0 Å². The molecule has 0 atom stereocenters. The van der Waals surface area contributed by atoms with Gasteiger partial charge in [-0.05, 0) is 58.6 Å². The fourth-order valence-electron chi connectivity index (χ4n) is 1.41. The Morgan fingerprint density at radius 3 is 2.53 bits per heavy atom. The molecule has 0 aliphatic carbocycles. The number of nitrogens with one attached hydrogen (secondary N) is 1. The molecule has 2 rings (SSSR count). The summed E-state index contributed by atoms with van der Waals surface area (Å²) >= 11 is 5.12. The van der Waals surface area contributed by atoms with E-state index in [0.717, 1.165) is 22.4 Å². The van der Waals surface area contributed by atoms with Crippen molar-refractivity contribution in [3.05, 3.63) is 52.8 Å². The number of halogens is 1. The van der Waals surface area contributed by atoms with Crippen LogP contribution in [-0.2, 0) is 6.54 Å². The molecule has 1 N–H and O–H groups in total. The first-order valence-electron chi connectivity index (χ1n) is 5.26. The van der Waals surface area contributed by atoms with Crippen molar-refractivity contribution in [1.29, 1.82) is 0 Å². The normalized spacial score (nSPS) is 10.2. The standard InChI is InChI=1S/C13H13BrN2S/c1-17-13-6-4-11(5-7-13)16-9-12-3-2-10(14)8-15-12/h2-8,16H,9H2,1H3. The van der Waals surface area contributed by atoms with E-state index in [1.165, 1.54) is 4.90 Å². The first-order valence-corrected chi connectivity index (χ1v) is 7.28. The van der Waals surface area contributed by atoms with Crippen molar-refractivity contribution in [1.82, 2.24) is 4.98 Å². The number of aromatic nitrogens is 1. The Bertz CT molecular complexity index is 468. The van der Waals surface area contributed by atoms with Crippen LogP contribution >= 0.6 is 27.7 Å². The molecule has 1 heterocycles. The van der Waals surface area contributed by atoms with E-state index in [-0.39, 0.29) is 0 Å². The molecular weight excluding hydrogens is 296 g/mol. The Balaban J connectivity index is 1.95. The maximum absolute atomic E-state index is 4.31. The van der Waals surface area contributed by atoms with E-state index in [9.17, 15) is 0 Å². The highest BCUT2D eigenvalue weighted by molar-refractivity contribution is 9.10. The number of nitrogens with zero attached hydrogens (tertiary/aromatic N) is 1. The Labute approximate surface area is 114 Å². The van der Waals surface area contributed by atoms with Gasteiger partial charge in [-0.25, -0.2) is 0 Å². The minimum Gasteiger partial charge on any atom is -0.379 e. The molecule has 0 unspecified atom stereocenters. The van der Waals surface area contributed by atoms with Crippen LogP contribution in [0.4, 0.5) is 5.69 Å². The zero-order chi connectivity index (χ0) is 12.1. The van der Waals surface area contributed by atoms with Gasteiger partial charge < -0.3 is 5.32 Å². The zero-order valence-corrected chi connectivity index (χ0v) is 11.9. The van der Waals surface area contributed by atoms with Gasteiger partial charge in [-0.15, -0.1) is 11.8 Å². The Morgan fingerprint density at radius 2 is 1.94 bits per heavy atom. The summed E-state index contributed by atoms with van der Waals surface area (Å²) in [6.07, 6.45) is 3.89. The summed E-state index contributed by atoms with van der Waals surface area (Å²) in [5.74, 6) is 0. The highest BCUT2D eigenvalue weighted by atomic mass is 79.9. The van der Waals surface area contributed by atoms with E-state index in [0.29, 0.717) is 0 Å². The maximum atomic E-state index is 4.31. The van der Waals surface area contributed by atoms with E-state index in [1.54, 1.807) is 11.8 Å². The molecule has 1 aromatic heterocycles. The van der Waals surface area contributed by atoms with Gasteiger partial charge in [-0.2, -0.15) is 0 Å². The summed E-state index contributed by atoms with van der Waals surface area (Å²) in [5, 5.41) is 3.34. The fourth-order valence-corrected chi connectivity index (χ4v) is 2.06. The molecule has 0 radical (unpaired) electrons. The van der Waals surface area contributed by atoms with Crippen LogP contribution in [0, 0.1) is 0 Å². The maximum Gasteiger partial charge on any atom is 0.0595 e. The molecule has 17 heavy (non-hydrogen) atoms. The molecule has 0 saturated carbocycles. The van der Waals surface area contributed by atoms with E-state index < -0.39 is 0 Å². The van der Waals surface area contributed by atoms with Crippen molar-refractivity contribution in [3.8, 4) is 0 Å². The average Bonchev–Trinajstić information content (AvgIpc) is 2.39. The SMILES string of the molecule is CSc1ccc(NCc2ccc(Br)cn2)cc1. The average molecular weight is 309 g/mol. The summed E-state index contributed by atoms with van der Waals surface area (Å²) in [6.45, 7) is 0.742. The van der Waals surface area contributed by atoms with Crippen LogP contribution in [0.25, 0.3) is 0 Å². The number of pyridine rings is 1. The van der Waals surface area contributed by atoms with Gasteiger partial charge in [-0.3, -0.25) is 4.98 Å². The predicted octanol–water partition coefficient (Wildman–Crippen LogP) is 4.18. The topological polar surface area (TPSA) is 24.9 Å². The summed E-state index contributed by atoms with van der Waals surface area (Å²) in [7, 11) is 0. The zero-order valence-electron chi connectivity index (χ0n) is 9.48. The lowest BCUT2D eigenvalue weighted by molar-refractivity contribution is 1.04. The van der Waals surface area contributed by atoms with Crippen LogP contribution in [0.3, 0.4) is 0 Å². The first kappa shape index (κ1) is 12.5. The van der Waals surface area contributed by atoms with Gasteiger partial charge in [-0.1, -0.05) is 0 Å². The third kappa shape index (κ3) is 3.75. The number of benzene rings is 1. The molecule has 2 aromatic rings. The van der Waals surface area contributed by atoms with Crippen molar-refractivity contribution >= 4 is 33.4 Å². The van der Waals surface area contributed by atoms with E-state index in [4.69, 9.17) is 0 Å². The number of rotatable bonds is 4. The smallest absolute Gasteiger partial charge is 0.0595 e. The van der Waals surface area contributed by atoms with E-state index in [2.05, 4.69) is 56.8 Å². The van der Waals surface area contributed by atoms with Crippen LogP contribution in [-0.4, -0.2) is 11.2 Å². The Kier molecular flexibility index (Phi) is 4.45. The summed E-state index contributed by atoms with van der Waals surface area (Å²) in [5.41, 5.74) is 2.15. The molecule has 88 valence electrons. The third-order valence-corrected chi connectivity index (χ3v) is 3.56. The Hall–Kier alpha value is -1.00. The lowest BCUT2D eigenvalue weighted by Gasteiger charge is -2.06. The molecule has 0 fully saturated rings. The molecule has 1 aromatic carbocycles. The van der Waals surface area contributed by atoms with Crippen LogP contribution in [0.15, 0.2) is 52.0 Å². The molecule has 0 amide bonds. The van der Waals surface area contributed by atoms with E-state index in [1.807, 2.05) is 18.3 Å². The molecule has 4 heteroatoms. The van der Waals surface area contributed by atoms with Gasteiger partial charge in [0.2, 0.25) is 0 Å². The first-order chi connectivity index (χ1) is 8.28. The van der Waals surface area contributed by atoms with Crippen molar-refractivity contribution in [3.63, 3.8) is 0 Å². The van der Waals surface area contributed by atoms with Crippen LogP contribution in [0.1, 0.15) is 5.69 Å². The van der Waals surface area contributed by atoms with Gasteiger partial charge in [0.05, 0.1) is 12.2 Å². The second-order valence-electron chi connectivity index (χ2n) is 3.55. The predicted molar refractivity (Wildman–Crippen MR) is 77.5 cm³/mol. The molecule has 2 nitrogen and oxygen atoms in total. The highest BCUT2D eigenvalue weighted by Gasteiger charge is 1.96. The van der Waals surface area contributed by atoms with Gasteiger partial charge in [0, 0.05) is 21.3 Å². The molecule has 0 saturated heterocycles. The fraction of sp³-hybridized carbons (Fsp3) is 0.154. The quantitative estimate of drug-likeness (QED) is 0.858. The number of hydrogen-bond acceptors (Lipinski definition) is 3. The second-order valence-corrected chi connectivity index (χ2v) is 5.35. The number of hydrogen-bond donors (Lipinski definition) is 1. The third-order valence-electron chi connectivity index (χ3n) is 2.35. The molecule has 0 aliphatic rings. The number of thioether (sulfide) groups is 1. The molecule has 0 bridgehead atoms. The molecule has 0 aliphatic heterocycles. The monoisotopic (exact) mass is 308 g/mol. The lowest BCUT2D eigenvalue weighted by Crippen LogP contribution is -2.00. The summed E-state index contributed by atoms with van der Waals surface area (Å²) < 4.78 is 1.01. The summed E-state index contributed by atoms with van der Waals surface area (Å²) in [4.78, 5) is 5.59. The van der Waals surface area contributed by atoms with Gasteiger partial charge in [0.25, 0.3) is 0 Å². The molecular formula is C13H13BrN2S. The van der Waals surface area contributed by atoms with Crippen LogP contribution in [0.2, 0.25) is 0 Å². The van der Waals surface area contributed by atoms with Crippen LogP contribution < -0.4 is 5.32 Å². The van der Waals surface area contributed by atoms with Crippen molar-refractivity contribution in [2.75, 3.05) is 11.6 Å². The van der Waals surface area contributed by atoms with Crippen molar-refractivity contribution < 1.29 is 0 Å². The van der Waals surface area contributed by atoms with Gasteiger partial charge in [0.1, 0.15) is 0 Å². The van der Waals surface area contributed by atoms with Gasteiger partial charge in [0.15, 0.2) is 0 Å². The van der Waals surface area contributed by atoms with Crippen molar-refractivity contribution in [2.45, 2.75) is 11.4 Å². The largest absolute Gasteiger partial charge is 0.379 e. The Morgan fingerprint density at radius 1 is 1.18 bits per heavy atom. The minimum atomic E-state index is 0.742. The van der Waals surface area contributed by atoms with Crippen LogP contribution in [0.5, 0.6) is 0 Å². The minimum absolute atomic E-state index is 0.742. The van der Waals surface area contributed by atoms with E-state index >= 15 is 0 Å². The molecule has 0 spiro atoms. The van der Waals surface area contributed by atoms with Crippen molar-refractivity contribution in [2.24, 2.45) is 0 Å². The highest BCUT2D eigenvalue weighted by Crippen LogP contribution is 2.18. The summed E-state index contributed by atoms with van der Waals surface area (Å²) in [6, 6.07) is 12.4. The lowest BCUT2D eigenvalue weighted by atomic mass is 10.3. The number of anilines is 1. The second kappa shape index (κ2) is 6.07.